The van der Waals surface area contributed by atoms with Crippen LogP contribution in [0, 0.1) is 0 Å². The summed E-state index contributed by atoms with van der Waals surface area (Å²) in [6, 6.07) is 4.91. The van der Waals surface area contributed by atoms with Gasteiger partial charge in [-0.25, -0.2) is 0 Å². The summed E-state index contributed by atoms with van der Waals surface area (Å²) in [5, 5.41) is 3.00. The molecule has 0 atom stereocenters. The Bertz CT molecular complexity index is 401. The van der Waals surface area contributed by atoms with Crippen LogP contribution in [0.4, 0.5) is 13.2 Å². The molecule has 1 rings (SSSR count). The fourth-order valence-electron chi connectivity index (χ4n) is 1.58. The topological polar surface area (TPSA) is 29.1 Å². The molecular formula is C13H16F3NO. The number of carbonyl (C=O) groups is 1. The van der Waals surface area contributed by atoms with Crippen LogP contribution in [0.1, 0.15) is 24.5 Å². The number of hydrogen-bond donors (Lipinski definition) is 1. The molecule has 0 aromatic heterocycles. The summed E-state index contributed by atoms with van der Waals surface area (Å²) in [5.74, 6) is -0.0599. The van der Waals surface area contributed by atoms with Gasteiger partial charge in [-0.2, -0.15) is 13.2 Å². The quantitative estimate of drug-likeness (QED) is 0.796. The third-order valence-electron chi connectivity index (χ3n) is 2.49. The second-order valence-electron chi connectivity index (χ2n) is 4.02. The standard InChI is InChI=1S/C13H16F3NO/c1-2-17-7-6-12(18)9-10-4-3-5-11(8-10)13(14,15)16/h3-5,8,17H,2,6-7,9H2,1H3. The first-order valence-corrected chi connectivity index (χ1v) is 5.82. The predicted molar refractivity (Wildman–Crippen MR) is 63.3 cm³/mol. The second kappa shape index (κ2) is 6.54. The summed E-state index contributed by atoms with van der Waals surface area (Å²) < 4.78 is 37.4. The molecular weight excluding hydrogens is 243 g/mol. The van der Waals surface area contributed by atoms with Crippen molar-refractivity contribution in [3.05, 3.63) is 35.4 Å². The number of benzene rings is 1. The van der Waals surface area contributed by atoms with Crippen molar-refractivity contribution in [3.63, 3.8) is 0 Å². The first-order valence-electron chi connectivity index (χ1n) is 5.82. The number of carbonyl (C=O) groups excluding carboxylic acids is 1. The van der Waals surface area contributed by atoms with Gasteiger partial charge in [-0.05, 0) is 18.2 Å². The third-order valence-corrected chi connectivity index (χ3v) is 2.49. The Hall–Kier alpha value is -1.36. The van der Waals surface area contributed by atoms with Gasteiger partial charge in [0.1, 0.15) is 5.78 Å². The van der Waals surface area contributed by atoms with Crippen LogP contribution in [-0.2, 0) is 17.4 Å². The minimum Gasteiger partial charge on any atom is -0.317 e. The SMILES string of the molecule is CCNCCC(=O)Cc1cccc(C(F)(F)F)c1. The Kier molecular flexibility index (Phi) is 5.34. The molecule has 0 aliphatic heterocycles. The van der Waals surface area contributed by atoms with E-state index in [0.29, 0.717) is 18.5 Å². The van der Waals surface area contributed by atoms with Crippen molar-refractivity contribution in [1.82, 2.24) is 5.32 Å². The number of Topliss-reactive ketones (excluding diaryl/α,β-unsaturated/α-hetero) is 1. The molecule has 0 bridgehead atoms. The van der Waals surface area contributed by atoms with Gasteiger partial charge in [-0.3, -0.25) is 4.79 Å². The van der Waals surface area contributed by atoms with Gasteiger partial charge in [0, 0.05) is 19.4 Å². The van der Waals surface area contributed by atoms with Crippen molar-refractivity contribution < 1.29 is 18.0 Å². The van der Waals surface area contributed by atoms with Gasteiger partial charge < -0.3 is 5.32 Å². The van der Waals surface area contributed by atoms with Crippen LogP contribution >= 0.6 is 0 Å². The number of nitrogens with one attached hydrogen (secondary N) is 1. The molecule has 2 nitrogen and oxygen atoms in total. The maximum absolute atomic E-state index is 12.5. The highest BCUT2D eigenvalue weighted by molar-refractivity contribution is 5.81. The van der Waals surface area contributed by atoms with Gasteiger partial charge >= 0.3 is 6.18 Å². The van der Waals surface area contributed by atoms with Crippen LogP contribution in [0.3, 0.4) is 0 Å². The van der Waals surface area contributed by atoms with E-state index in [0.717, 1.165) is 18.7 Å². The largest absolute Gasteiger partial charge is 0.416 e. The molecule has 5 heteroatoms. The van der Waals surface area contributed by atoms with Crippen LogP contribution in [-0.4, -0.2) is 18.9 Å². The van der Waals surface area contributed by atoms with Crippen molar-refractivity contribution >= 4 is 5.78 Å². The molecule has 0 heterocycles. The molecule has 100 valence electrons. The summed E-state index contributed by atoms with van der Waals surface area (Å²) in [6.07, 6.45) is -3.97. The number of ketones is 1. The number of halogens is 3. The maximum atomic E-state index is 12.5. The fourth-order valence-corrected chi connectivity index (χ4v) is 1.58. The molecule has 0 spiro atoms. The molecule has 0 amide bonds. The fraction of sp³-hybridized carbons (Fsp3) is 0.462. The van der Waals surface area contributed by atoms with E-state index in [1.54, 1.807) is 6.07 Å². The molecule has 0 aliphatic carbocycles. The van der Waals surface area contributed by atoms with E-state index in [9.17, 15) is 18.0 Å². The van der Waals surface area contributed by atoms with Crippen LogP contribution in [0.15, 0.2) is 24.3 Å². The van der Waals surface area contributed by atoms with E-state index >= 15 is 0 Å². The average molecular weight is 259 g/mol. The molecule has 1 aromatic carbocycles. The lowest BCUT2D eigenvalue weighted by atomic mass is 10.0. The Labute approximate surface area is 104 Å². The maximum Gasteiger partial charge on any atom is 0.416 e. The summed E-state index contributed by atoms with van der Waals surface area (Å²) in [5.41, 5.74) is -0.300. The molecule has 0 radical (unpaired) electrons. The summed E-state index contributed by atoms with van der Waals surface area (Å²) in [4.78, 5) is 11.5. The smallest absolute Gasteiger partial charge is 0.317 e. The van der Waals surface area contributed by atoms with Gasteiger partial charge in [0.15, 0.2) is 0 Å². The first kappa shape index (κ1) is 14.7. The Morgan fingerprint density at radius 3 is 2.67 bits per heavy atom. The zero-order valence-electron chi connectivity index (χ0n) is 10.2. The molecule has 0 fully saturated rings. The number of alkyl halides is 3. The van der Waals surface area contributed by atoms with E-state index in [1.165, 1.54) is 6.07 Å². The van der Waals surface area contributed by atoms with Crippen molar-refractivity contribution in [2.75, 3.05) is 13.1 Å². The van der Waals surface area contributed by atoms with E-state index < -0.39 is 11.7 Å². The third kappa shape index (κ3) is 4.87. The van der Waals surface area contributed by atoms with Crippen molar-refractivity contribution in [2.24, 2.45) is 0 Å². The Morgan fingerprint density at radius 1 is 1.33 bits per heavy atom. The zero-order chi connectivity index (χ0) is 13.6. The van der Waals surface area contributed by atoms with Crippen molar-refractivity contribution in [3.8, 4) is 0 Å². The first-order chi connectivity index (χ1) is 8.43. The lowest BCUT2D eigenvalue weighted by Gasteiger charge is -2.08. The minimum absolute atomic E-state index is 0.0509. The zero-order valence-corrected chi connectivity index (χ0v) is 10.2. The van der Waals surface area contributed by atoms with Gasteiger partial charge in [0.2, 0.25) is 0 Å². The van der Waals surface area contributed by atoms with E-state index in [2.05, 4.69) is 5.32 Å². The second-order valence-corrected chi connectivity index (χ2v) is 4.02. The summed E-state index contributed by atoms with van der Waals surface area (Å²) in [7, 11) is 0. The predicted octanol–water partition coefficient (Wildman–Crippen LogP) is 2.82. The number of hydrogen-bond acceptors (Lipinski definition) is 2. The Morgan fingerprint density at radius 2 is 2.06 bits per heavy atom. The highest BCUT2D eigenvalue weighted by Crippen LogP contribution is 2.29. The van der Waals surface area contributed by atoms with Crippen LogP contribution in [0.25, 0.3) is 0 Å². The average Bonchev–Trinajstić information content (AvgIpc) is 2.28. The van der Waals surface area contributed by atoms with Crippen molar-refractivity contribution in [2.45, 2.75) is 25.9 Å². The highest BCUT2D eigenvalue weighted by Gasteiger charge is 2.30. The van der Waals surface area contributed by atoms with Gasteiger partial charge in [0.05, 0.1) is 5.56 Å². The van der Waals surface area contributed by atoms with Gasteiger partial charge in [-0.15, -0.1) is 0 Å². The summed E-state index contributed by atoms with van der Waals surface area (Å²) in [6.45, 7) is 3.27. The van der Waals surface area contributed by atoms with Crippen LogP contribution < -0.4 is 5.32 Å². The highest BCUT2D eigenvalue weighted by atomic mass is 19.4. The molecule has 0 unspecified atom stereocenters. The Balaban J connectivity index is 2.60. The van der Waals surface area contributed by atoms with E-state index in [-0.39, 0.29) is 12.2 Å². The normalized spacial score (nSPS) is 11.6. The lowest BCUT2D eigenvalue weighted by molar-refractivity contribution is -0.137. The van der Waals surface area contributed by atoms with E-state index in [1.807, 2.05) is 6.92 Å². The number of rotatable bonds is 6. The molecule has 0 saturated heterocycles. The molecule has 18 heavy (non-hydrogen) atoms. The molecule has 0 aliphatic rings. The van der Waals surface area contributed by atoms with E-state index in [4.69, 9.17) is 0 Å². The van der Waals surface area contributed by atoms with Gasteiger partial charge in [-0.1, -0.05) is 25.1 Å². The monoisotopic (exact) mass is 259 g/mol. The lowest BCUT2D eigenvalue weighted by Crippen LogP contribution is -2.18. The minimum atomic E-state index is -4.36. The molecule has 0 saturated carbocycles. The molecule has 1 N–H and O–H groups in total. The van der Waals surface area contributed by atoms with Crippen LogP contribution in [0.2, 0.25) is 0 Å². The van der Waals surface area contributed by atoms with Crippen molar-refractivity contribution in [1.29, 1.82) is 0 Å². The molecule has 1 aromatic rings. The van der Waals surface area contributed by atoms with Gasteiger partial charge in [0.25, 0.3) is 0 Å². The summed E-state index contributed by atoms with van der Waals surface area (Å²) >= 11 is 0. The van der Waals surface area contributed by atoms with Crippen LogP contribution in [0.5, 0.6) is 0 Å².